The second kappa shape index (κ2) is 3.16. The molecule has 0 heterocycles. The van der Waals surface area contributed by atoms with Crippen LogP contribution < -0.4 is 0 Å². The summed E-state index contributed by atoms with van der Waals surface area (Å²) in [6.07, 6.45) is 8.52. The van der Waals surface area contributed by atoms with Gasteiger partial charge in [-0.1, -0.05) is 0 Å². The minimum absolute atomic E-state index is 0.00847. The summed E-state index contributed by atoms with van der Waals surface area (Å²) in [7, 11) is 0. The average Bonchev–Trinajstić information content (AvgIpc) is 1.94. The van der Waals surface area contributed by atoms with Crippen molar-refractivity contribution >= 4 is 5.78 Å². The van der Waals surface area contributed by atoms with Crippen LogP contribution >= 0.6 is 0 Å². The number of hydrogen-bond donors (Lipinski definition) is 0. The van der Waals surface area contributed by atoms with Gasteiger partial charge in [0.25, 0.3) is 0 Å². The number of ketones is 1. The molecule has 0 saturated heterocycles. The van der Waals surface area contributed by atoms with Crippen molar-refractivity contribution in [2.45, 2.75) is 6.42 Å². The molecule has 0 spiro atoms. The maximum absolute atomic E-state index is 10.9. The van der Waals surface area contributed by atoms with Crippen molar-refractivity contribution < 1.29 is 9.45 Å². The van der Waals surface area contributed by atoms with Gasteiger partial charge in [0.1, 0.15) is 0 Å². The van der Waals surface area contributed by atoms with Crippen LogP contribution in [0, 0.1) is 12.1 Å². The van der Waals surface area contributed by atoms with E-state index in [1.807, 2.05) is 0 Å². The molecule has 2 nitrogen and oxygen atoms in total. The molecule has 0 fully saturated rings. The van der Waals surface area contributed by atoms with Crippen molar-refractivity contribution in [3.05, 3.63) is 24.3 Å². The van der Waals surface area contributed by atoms with Crippen molar-refractivity contribution in [3.63, 3.8) is 0 Å². The van der Waals surface area contributed by atoms with Crippen LogP contribution in [0.15, 0.2) is 24.3 Å². The van der Waals surface area contributed by atoms with Crippen LogP contribution in [0.1, 0.15) is 6.42 Å². The van der Waals surface area contributed by atoms with E-state index in [0.29, 0.717) is 0 Å². The van der Waals surface area contributed by atoms with Crippen molar-refractivity contribution in [2.75, 3.05) is 0 Å². The molecule has 1 atom stereocenters. The van der Waals surface area contributed by atoms with Crippen molar-refractivity contribution in [2.24, 2.45) is 5.92 Å². The first kappa shape index (κ1) is 7.00. The predicted octanol–water partition coefficient (Wildman–Crippen LogP) is 1.08. The van der Waals surface area contributed by atoms with E-state index in [-0.39, 0.29) is 18.1 Å². The van der Waals surface area contributed by atoms with Crippen LogP contribution in [-0.4, -0.2) is 5.78 Å². The van der Waals surface area contributed by atoms with Gasteiger partial charge in [0.15, 0.2) is 0 Å². The summed E-state index contributed by atoms with van der Waals surface area (Å²) in [5.74, 6) is -0.270. The molecule has 1 aliphatic rings. The van der Waals surface area contributed by atoms with Crippen LogP contribution in [0.4, 0.5) is 0 Å². The van der Waals surface area contributed by atoms with Gasteiger partial charge in [0.2, 0.25) is 0 Å². The van der Waals surface area contributed by atoms with Crippen molar-refractivity contribution in [1.82, 2.24) is 0 Å². The molecule has 1 rings (SSSR count). The zero-order valence-corrected chi connectivity index (χ0v) is 5.41. The van der Waals surface area contributed by atoms with E-state index < -0.39 is 0 Å². The molecule has 2 heteroatoms. The Morgan fingerprint density at radius 3 is 3.00 bits per heavy atom. The summed E-state index contributed by atoms with van der Waals surface area (Å²) in [6, 6.07) is 0. The van der Waals surface area contributed by atoms with Gasteiger partial charge in [0, 0.05) is 0 Å². The SMILES string of the molecule is O=C1C=CC=CC1CC#[O+]. The second-order valence-electron chi connectivity index (χ2n) is 2.10. The Hall–Kier alpha value is -1.11. The summed E-state index contributed by atoms with van der Waals surface area (Å²) in [5.41, 5.74) is 0. The number of rotatable bonds is 1. The zero-order valence-electron chi connectivity index (χ0n) is 5.41. The van der Waals surface area contributed by atoms with Gasteiger partial charge in [-0.2, -0.15) is 0 Å². The fraction of sp³-hybridized carbons (Fsp3) is 0.250. The van der Waals surface area contributed by atoms with Crippen LogP contribution in [0.25, 0.3) is 0 Å². The molecule has 0 aromatic rings. The van der Waals surface area contributed by atoms with Crippen molar-refractivity contribution in [1.29, 1.82) is 0 Å². The molecule has 50 valence electrons. The van der Waals surface area contributed by atoms with E-state index in [1.54, 1.807) is 24.4 Å². The van der Waals surface area contributed by atoms with Gasteiger partial charge >= 0.3 is 58.0 Å². The Bertz CT molecular complexity index is 230. The quantitative estimate of drug-likeness (QED) is 0.495. The van der Waals surface area contributed by atoms with E-state index in [9.17, 15) is 9.45 Å². The maximum atomic E-state index is 10.9. The van der Waals surface area contributed by atoms with Gasteiger partial charge in [-0.25, -0.2) is 0 Å². The standard InChI is InChI=1S/C8H7O2/c9-6-5-7-3-1-2-4-8(7)10/h1-4,7H,5H2/q+1. The molecule has 1 aliphatic carbocycles. The van der Waals surface area contributed by atoms with Gasteiger partial charge in [-0.05, 0) is 0 Å². The van der Waals surface area contributed by atoms with Crippen molar-refractivity contribution in [3.8, 4) is 6.15 Å². The Labute approximate surface area is 59.0 Å². The fourth-order valence-electron chi connectivity index (χ4n) is 0.826. The number of carbonyl (C=O) groups is 1. The van der Waals surface area contributed by atoms with Crippen LogP contribution in [-0.2, 0) is 9.45 Å². The summed E-state index contributed by atoms with van der Waals surface area (Å²) >= 11 is 0. The first-order valence-corrected chi connectivity index (χ1v) is 3.08. The van der Waals surface area contributed by atoms with E-state index >= 15 is 0 Å². The first-order valence-electron chi connectivity index (χ1n) is 3.08. The molecule has 0 saturated carbocycles. The third-order valence-electron chi connectivity index (χ3n) is 1.38. The van der Waals surface area contributed by atoms with Gasteiger partial charge in [0.05, 0.1) is 0 Å². The van der Waals surface area contributed by atoms with E-state index in [4.69, 9.17) is 0 Å². The number of carbonyl (C=O) groups excluding carboxylic acids is 1. The molecule has 1 unspecified atom stereocenters. The Morgan fingerprint density at radius 2 is 2.40 bits per heavy atom. The summed E-state index contributed by atoms with van der Waals surface area (Å²) < 4.78 is 9.88. The van der Waals surface area contributed by atoms with Crippen LogP contribution in [0.2, 0.25) is 0 Å². The Morgan fingerprint density at radius 1 is 1.60 bits per heavy atom. The van der Waals surface area contributed by atoms with E-state index in [0.717, 1.165) is 0 Å². The molecule has 0 bridgehead atoms. The second-order valence-corrected chi connectivity index (χ2v) is 2.10. The molecule has 0 amide bonds. The van der Waals surface area contributed by atoms with E-state index in [1.165, 1.54) is 6.08 Å². The number of allylic oxidation sites excluding steroid dienone is 4. The summed E-state index contributed by atoms with van der Waals surface area (Å²) in [6.45, 7) is 0. The average molecular weight is 135 g/mol. The molecule has 0 aromatic heterocycles. The monoisotopic (exact) mass is 135 g/mol. The van der Waals surface area contributed by atoms with Gasteiger partial charge in [-0.3, -0.25) is 0 Å². The van der Waals surface area contributed by atoms with Crippen LogP contribution in [0.3, 0.4) is 0 Å². The van der Waals surface area contributed by atoms with Crippen LogP contribution in [0.5, 0.6) is 0 Å². The van der Waals surface area contributed by atoms with Gasteiger partial charge < -0.3 is 0 Å². The normalized spacial score (nSPS) is 22.7. The third-order valence-corrected chi connectivity index (χ3v) is 1.38. The molecule has 0 aromatic carbocycles. The van der Waals surface area contributed by atoms with E-state index in [2.05, 4.69) is 0 Å². The third kappa shape index (κ3) is 1.44. The molecular weight excluding hydrogens is 128 g/mol. The molecule has 0 radical (unpaired) electrons. The predicted molar refractivity (Wildman–Crippen MR) is 36.0 cm³/mol. The molecule has 10 heavy (non-hydrogen) atoms. The summed E-state index contributed by atoms with van der Waals surface area (Å²) in [4.78, 5) is 10.9. The minimum atomic E-state index is -0.262. The zero-order chi connectivity index (χ0) is 7.40. The molecular formula is C8H7O2+. The first-order chi connectivity index (χ1) is 4.84. The number of hydrogen-bond acceptors (Lipinski definition) is 1. The van der Waals surface area contributed by atoms with Gasteiger partial charge in [-0.15, -0.1) is 0 Å². The summed E-state index contributed by atoms with van der Waals surface area (Å²) in [5, 5.41) is 0. The Balaban J connectivity index is 2.63. The molecule has 0 N–H and O–H groups in total. The topological polar surface area (TPSA) is 37.0 Å². The molecule has 0 aliphatic heterocycles. The fourth-order valence-corrected chi connectivity index (χ4v) is 0.826. The Kier molecular flexibility index (Phi) is 2.21.